The van der Waals surface area contributed by atoms with Gasteiger partial charge in [-0.15, -0.1) is 11.8 Å². The Bertz CT molecular complexity index is 944. The molecule has 0 aliphatic heterocycles. The first kappa shape index (κ1) is 17.8. The zero-order valence-electron chi connectivity index (χ0n) is 14.4. The van der Waals surface area contributed by atoms with E-state index in [1.54, 1.807) is 31.2 Å². The first-order valence-electron chi connectivity index (χ1n) is 7.94. The van der Waals surface area contributed by atoms with E-state index in [4.69, 9.17) is 10.1 Å². The SMILES string of the molecule is CSc1nc(-c2ccccc2)nc(OC(=O)c2ccccc2)c1C(C)=N. The van der Waals surface area contributed by atoms with Crippen LogP contribution in [0.1, 0.15) is 22.8 Å². The summed E-state index contributed by atoms with van der Waals surface area (Å²) in [5.41, 5.74) is 1.91. The van der Waals surface area contributed by atoms with Gasteiger partial charge in [-0.3, -0.25) is 0 Å². The smallest absolute Gasteiger partial charge is 0.344 e. The predicted molar refractivity (Wildman–Crippen MR) is 103 cm³/mol. The number of hydrogen-bond donors (Lipinski definition) is 1. The summed E-state index contributed by atoms with van der Waals surface area (Å²) in [6.07, 6.45) is 1.87. The average molecular weight is 363 g/mol. The van der Waals surface area contributed by atoms with E-state index >= 15 is 0 Å². The van der Waals surface area contributed by atoms with Crippen molar-refractivity contribution in [3.05, 3.63) is 71.8 Å². The van der Waals surface area contributed by atoms with Crippen molar-refractivity contribution in [1.82, 2.24) is 9.97 Å². The molecule has 6 heteroatoms. The van der Waals surface area contributed by atoms with Crippen molar-refractivity contribution in [2.24, 2.45) is 0 Å². The molecule has 1 N–H and O–H groups in total. The number of carbonyl (C=O) groups excluding carboxylic acids is 1. The molecular formula is C20H17N3O2S. The van der Waals surface area contributed by atoms with Crippen LogP contribution in [0.3, 0.4) is 0 Å². The summed E-state index contributed by atoms with van der Waals surface area (Å²) < 4.78 is 5.55. The lowest BCUT2D eigenvalue weighted by molar-refractivity contribution is 0.0726. The van der Waals surface area contributed by atoms with E-state index in [2.05, 4.69) is 9.97 Å². The summed E-state index contributed by atoms with van der Waals surface area (Å²) in [5, 5.41) is 8.66. The predicted octanol–water partition coefficient (Wildman–Crippen LogP) is 4.47. The third-order valence-electron chi connectivity index (χ3n) is 3.64. The number of benzene rings is 2. The molecule has 0 saturated carbocycles. The number of carbonyl (C=O) groups is 1. The van der Waals surface area contributed by atoms with Crippen molar-refractivity contribution in [3.8, 4) is 17.3 Å². The van der Waals surface area contributed by atoms with Gasteiger partial charge in [0.1, 0.15) is 5.03 Å². The third kappa shape index (κ3) is 3.81. The highest BCUT2D eigenvalue weighted by Gasteiger charge is 2.21. The molecule has 1 heterocycles. The summed E-state index contributed by atoms with van der Waals surface area (Å²) >= 11 is 1.39. The van der Waals surface area contributed by atoms with E-state index in [0.717, 1.165) is 5.56 Å². The van der Waals surface area contributed by atoms with Crippen LogP contribution in [0.2, 0.25) is 0 Å². The molecule has 0 spiro atoms. The lowest BCUT2D eigenvalue weighted by Crippen LogP contribution is -2.14. The Kier molecular flexibility index (Phi) is 5.43. The van der Waals surface area contributed by atoms with Crippen LogP contribution in [0.25, 0.3) is 11.4 Å². The van der Waals surface area contributed by atoms with Crippen LogP contribution < -0.4 is 4.74 Å². The van der Waals surface area contributed by atoms with Crippen molar-refractivity contribution in [2.75, 3.05) is 6.26 Å². The number of esters is 1. The highest BCUT2D eigenvalue weighted by Crippen LogP contribution is 2.30. The van der Waals surface area contributed by atoms with Crippen molar-refractivity contribution in [1.29, 1.82) is 5.41 Å². The van der Waals surface area contributed by atoms with Crippen molar-refractivity contribution in [2.45, 2.75) is 11.9 Å². The average Bonchev–Trinajstić information content (AvgIpc) is 2.68. The Balaban J connectivity index is 2.09. The molecule has 5 nitrogen and oxygen atoms in total. The van der Waals surface area contributed by atoms with Crippen LogP contribution in [-0.4, -0.2) is 27.9 Å². The summed E-state index contributed by atoms with van der Waals surface area (Å²) in [5.74, 6) is 0.0400. The van der Waals surface area contributed by atoms with Gasteiger partial charge in [-0.05, 0) is 25.3 Å². The second kappa shape index (κ2) is 7.93. The van der Waals surface area contributed by atoms with E-state index < -0.39 is 5.97 Å². The molecule has 0 fully saturated rings. The number of hydrogen-bond acceptors (Lipinski definition) is 6. The minimum atomic E-state index is -0.516. The summed E-state index contributed by atoms with van der Waals surface area (Å²) in [6.45, 7) is 1.63. The van der Waals surface area contributed by atoms with E-state index in [-0.39, 0.29) is 11.6 Å². The van der Waals surface area contributed by atoms with Crippen molar-refractivity contribution < 1.29 is 9.53 Å². The third-order valence-corrected chi connectivity index (χ3v) is 4.32. The zero-order chi connectivity index (χ0) is 18.5. The van der Waals surface area contributed by atoms with Crippen LogP contribution in [0.15, 0.2) is 65.7 Å². The molecule has 130 valence electrons. The number of nitrogens with one attached hydrogen (secondary N) is 1. The van der Waals surface area contributed by atoms with Crippen LogP contribution in [0.5, 0.6) is 5.88 Å². The maximum atomic E-state index is 12.5. The molecular weight excluding hydrogens is 346 g/mol. The molecule has 0 radical (unpaired) electrons. The van der Waals surface area contributed by atoms with Gasteiger partial charge in [0.05, 0.1) is 11.1 Å². The lowest BCUT2D eigenvalue weighted by Gasteiger charge is -2.13. The van der Waals surface area contributed by atoms with Gasteiger partial charge in [-0.1, -0.05) is 48.5 Å². The van der Waals surface area contributed by atoms with Gasteiger partial charge < -0.3 is 10.1 Å². The Labute approximate surface area is 156 Å². The summed E-state index contributed by atoms with van der Waals surface area (Å²) in [6, 6.07) is 18.2. The Morgan fingerprint density at radius 1 is 1.00 bits per heavy atom. The van der Waals surface area contributed by atoms with Crippen molar-refractivity contribution >= 4 is 23.4 Å². The molecule has 0 amide bonds. The van der Waals surface area contributed by atoms with Gasteiger partial charge in [-0.25, -0.2) is 9.78 Å². The quantitative estimate of drug-likeness (QED) is 0.313. The van der Waals surface area contributed by atoms with Gasteiger partial charge in [0.25, 0.3) is 0 Å². The van der Waals surface area contributed by atoms with E-state index in [9.17, 15) is 4.79 Å². The number of ether oxygens (including phenoxy) is 1. The Morgan fingerprint density at radius 2 is 1.62 bits per heavy atom. The van der Waals surface area contributed by atoms with Gasteiger partial charge in [0, 0.05) is 11.3 Å². The largest absolute Gasteiger partial charge is 0.403 e. The van der Waals surface area contributed by atoms with Gasteiger partial charge in [0.2, 0.25) is 5.88 Å². The molecule has 0 unspecified atom stereocenters. The minimum Gasteiger partial charge on any atom is -0.403 e. The van der Waals surface area contributed by atoms with Crippen LogP contribution in [-0.2, 0) is 0 Å². The van der Waals surface area contributed by atoms with Crippen molar-refractivity contribution in [3.63, 3.8) is 0 Å². The maximum Gasteiger partial charge on any atom is 0.344 e. The molecule has 0 aliphatic rings. The number of thioether (sulfide) groups is 1. The Morgan fingerprint density at radius 3 is 2.19 bits per heavy atom. The van der Waals surface area contributed by atoms with Crippen LogP contribution in [0.4, 0.5) is 0 Å². The standard InChI is InChI=1S/C20H17N3O2S/c1-13(21)16-18(25-20(24)15-11-7-4-8-12-15)22-17(23-19(16)26-2)14-9-5-3-6-10-14/h3-12,21H,1-2H3. The second-order valence-electron chi connectivity index (χ2n) is 5.48. The van der Waals surface area contributed by atoms with Gasteiger partial charge in [-0.2, -0.15) is 4.98 Å². The van der Waals surface area contributed by atoms with Crippen LogP contribution in [0, 0.1) is 5.41 Å². The molecule has 3 rings (SSSR count). The highest BCUT2D eigenvalue weighted by molar-refractivity contribution is 7.98. The first-order chi connectivity index (χ1) is 12.6. The molecule has 1 aromatic heterocycles. The van der Waals surface area contributed by atoms with E-state index in [1.807, 2.05) is 42.7 Å². The Hall–Kier alpha value is -2.99. The van der Waals surface area contributed by atoms with Gasteiger partial charge >= 0.3 is 5.97 Å². The maximum absolute atomic E-state index is 12.5. The van der Waals surface area contributed by atoms with Gasteiger partial charge in [0.15, 0.2) is 5.82 Å². The molecule has 0 aliphatic carbocycles. The fourth-order valence-electron chi connectivity index (χ4n) is 2.40. The lowest BCUT2D eigenvalue weighted by atomic mass is 10.2. The molecule has 3 aromatic rings. The fraction of sp³-hybridized carbons (Fsp3) is 0.100. The number of aromatic nitrogens is 2. The highest BCUT2D eigenvalue weighted by atomic mass is 32.2. The molecule has 0 atom stereocenters. The molecule has 26 heavy (non-hydrogen) atoms. The second-order valence-corrected chi connectivity index (χ2v) is 6.28. The van der Waals surface area contributed by atoms with E-state index in [1.165, 1.54) is 11.8 Å². The minimum absolute atomic E-state index is 0.101. The molecule has 2 aromatic carbocycles. The molecule has 0 bridgehead atoms. The summed E-state index contributed by atoms with van der Waals surface area (Å²) in [4.78, 5) is 21.4. The topological polar surface area (TPSA) is 75.9 Å². The fourth-order valence-corrected chi connectivity index (χ4v) is 3.02. The first-order valence-corrected chi connectivity index (χ1v) is 9.17. The number of rotatable bonds is 5. The monoisotopic (exact) mass is 363 g/mol. The molecule has 0 saturated heterocycles. The van der Waals surface area contributed by atoms with E-state index in [0.29, 0.717) is 22.0 Å². The zero-order valence-corrected chi connectivity index (χ0v) is 15.2. The number of nitrogens with zero attached hydrogens (tertiary/aromatic N) is 2. The normalized spacial score (nSPS) is 10.4. The summed E-state index contributed by atoms with van der Waals surface area (Å²) in [7, 11) is 0. The van der Waals surface area contributed by atoms with Crippen LogP contribution >= 0.6 is 11.8 Å².